The summed E-state index contributed by atoms with van der Waals surface area (Å²) in [6, 6.07) is 0. The molecule has 78 valence electrons. The number of hydrogen-bond acceptors (Lipinski definition) is 4. The van der Waals surface area contributed by atoms with Gasteiger partial charge >= 0.3 is 0 Å². The summed E-state index contributed by atoms with van der Waals surface area (Å²) in [7, 11) is 2.93. The van der Waals surface area contributed by atoms with Crippen molar-refractivity contribution in [2.75, 3.05) is 14.2 Å². The van der Waals surface area contributed by atoms with Crippen LogP contribution in [0.1, 0.15) is 19.3 Å². The molecular formula is C10H14O4. The van der Waals surface area contributed by atoms with Crippen molar-refractivity contribution in [3.63, 3.8) is 0 Å². The Kier molecular flexibility index (Phi) is 2.03. The molecule has 0 spiro atoms. The van der Waals surface area contributed by atoms with Crippen molar-refractivity contribution >= 4 is 5.78 Å². The second-order valence-corrected chi connectivity index (χ2v) is 3.80. The Balaban J connectivity index is 2.44. The van der Waals surface area contributed by atoms with Gasteiger partial charge in [0.05, 0.1) is 20.1 Å². The molecule has 0 aromatic heterocycles. The quantitative estimate of drug-likeness (QED) is 0.706. The maximum absolute atomic E-state index is 11.8. The van der Waals surface area contributed by atoms with E-state index in [4.69, 9.17) is 9.47 Å². The normalized spacial score (nSPS) is 36.2. The molecule has 1 fully saturated rings. The Morgan fingerprint density at radius 3 is 2.71 bits per heavy atom. The molecule has 4 heteroatoms. The average molecular weight is 198 g/mol. The highest BCUT2D eigenvalue weighted by Crippen LogP contribution is 2.48. The highest BCUT2D eigenvalue weighted by atomic mass is 16.5. The van der Waals surface area contributed by atoms with Crippen LogP contribution in [0.2, 0.25) is 0 Å². The molecule has 0 amide bonds. The van der Waals surface area contributed by atoms with Crippen molar-refractivity contribution in [3.8, 4) is 0 Å². The molecule has 0 radical (unpaired) electrons. The van der Waals surface area contributed by atoms with Crippen molar-refractivity contribution in [1.82, 2.24) is 0 Å². The number of Topliss-reactive ketones (excluding diaryl/α,β-unsaturated/α-hetero) is 1. The Morgan fingerprint density at radius 2 is 2.14 bits per heavy atom. The standard InChI is InChI=1S/C10H14O4/c1-13-7-6-4-3-5-10(6,12)9(11)8(7)14-2/h6,12H,3-5H2,1-2H3. The van der Waals surface area contributed by atoms with Crippen molar-refractivity contribution < 1.29 is 19.4 Å². The van der Waals surface area contributed by atoms with Gasteiger partial charge in [-0.15, -0.1) is 0 Å². The van der Waals surface area contributed by atoms with E-state index in [2.05, 4.69) is 0 Å². The molecule has 14 heavy (non-hydrogen) atoms. The number of carbonyl (C=O) groups is 1. The minimum Gasteiger partial charge on any atom is -0.497 e. The minimum atomic E-state index is -1.25. The van der Waals surface area contributed by atoms with Crippen LogP contribution in [0.4, 0.5) is 0 Å². The first-order chi connectivity index (χ1) is 6.65. The molecule has 1 saturated carbocycles. The molecule has 2 rings (SSSR count). The lowest BCUT2D eigenvalue weighted by Crippen LogP contribution is -2.38. The van der Waals surface area contributed by atoms with Crippen LogP contribution in [0.3, 0.4) is 0 Å². The van der Waals surface area contributed by atoms with E-state index in [-0.39, 0.29) is 17.5 Å². The van der Waals surface area contributed by atoms with Crippen LogP contribution < -0.4 is 0 Å². The summed E-state index contributed by atoms with van der Waals surface area (Å²) in [6.07, 6.45) is 2.16. The van der Waals surface area contributed by atoms with Crippen LogP contribution in [0.15, 0.2) is 11.5 Å². The molecule has 2 aliphatic rings. The van der Waals surface area contributed by atoms with Gasteiger partial charge in [-0.1, -0.05) is 0 Å². The minimum absolute atomic E-state index is 0.194. The number of hydrogen-bond donors (Lipinski definition) is 1. The van der Waals surface area contributed by atoms with E-state index in [1.807, 2.05) is 0 Å². The third-order valence-corrected chi connectivity index (χ3v) is 3.19. The van der Waals surface area contributed by atoms with Crippen LogP contribution >= 0.6 is 0 Å². The van der Waals surface area contributed by atoms with E-state index in [1.54, 1.807) is 0 Å². The molecule has 2 atom stereocenters. The zero-order chi connectivity index (χ0) is 10.3. The van der Waals surface area contributed by atoms with Crippen molar-refractivity contribution in [2.24, 2.45) is 5.92 Å². The van der Waals surface area contributed by atoms with E-state index in [0.29, 0.717) is 12.2 Å². The summed E-state index contributed by atoms with van der Waals surface area (Å²) in [5, 5.41) is 10.2. The van der Waals surface area contributed by atoms with Crippen molar-refractivity contribution in [1.29, 1.82) is 0 Å². The van der Waals surface area contributed by atoms with E-state index < -0.39 is 5.60 Å². The predicted octanol–water partition coefficient (Wildman–Crippen LogP) is 0.605. The summed E-state index contributed by atoms with van der Waals surface area (Å²) in [5.41, 5.74) is -1.25. The van der Waals surface area contributed by atoms with Gasteiger partial charge in [0.2, 0.25) is 11.5 Å². The predicted molar refractivity (Wildman–Crippen MR) is 48.3 cm³/mol. The molecular weight excluding hydrogens is 184 g/mol. The second-order valence-electron chi connectivity index (χ2n) is 3.80. The maximum Gasteiger partial charge on any atom is 0.233 e. The Morgan fingerprint density at radius 1 is 1.43 bits per heavy atom. The van der Waals surface area contributed by atoms with Gasteiger partial charge in [0.1, 0.15) is 11.4 Å². The van der Waals surface area contributed by atoms with Crippen LogP contribution in [-0.4, -0.2) is 30.7 Å². The topological polar surface area (TPSA) is 55.8 Å². The van der Waals surface area contributed by atoms with E-state index in [1.165, 1.54) is 14.2 Å². The molecule has 0 bridgehead atoms. The van der Waals surface area contributed by atoms with E-state index in [0.717, 1.165) is 12.8 Å². The summed E-state index contributed by atoms with van der Waals surface area (Å²) >= 11 is 0. The zero-order valence-electron chi connectivity index (χ0n) is 8.37. The largest absolute Gasteiger partial charge is 0.497 e. The molecule has 0 saturated heterocycles. The first-order valence-corrected chi connectivity index (χ1v) is 4.74. The van der Waals surface area contributed by atoms with Gasteiger partial charge in [-0.2, -0.15) is 0 Å². The fourth-order valence-corrected chi connectivity index (χ4v) is 2.50. The fraction of sp³-hybridized carbons (Fsp3) is 0.700. The summed E-state index contributed by atoms with van der Waals surface area (Å²) in [6.45, 7) is 0. The third-order valence-electron chi connectivity index (χ3n) is 3.19. The van der Waals surface area contributed by atoms with Gasteiger partial charge in [-0.3, -0.25) is 4.79 Å². The number of carbonyl (C=O) groups excluding carboxylic acids is 1. The smallest absolute Gasteiger partial charge is 0.233 e. The van der Waals surface area contributed by atoms with Crippen molar-refractivity contribution in [2.45, 2.75) is 24.9 Å². The molecule has 1 N–H and O–H groups in total. The van der Waals surface area contributed by atoms with Crippen LogP contribution in [0.25, 0.3) is 0 Å². The number of aliphatic hydroxyl groups is 1. The highest BCUT2D eigenvalue weighted by molar-refractivity contribution is 6.04. The Bertz CT molecular complexity index is 307. The maximum atomic E-state index is 11.8. The molecule has 4 nitrogen and oxygen atoms in total. The lowest BCUT2D eigenvalue weighted by Gasteiger charge is -2.20. The lowest BCUT2D eigenvalue weighted by molar-refractivity contribution is -0.136. The van der Waals surface area contributed by atoms with Crippen molar-refractivity contribution in [3.05, 3.63) is 11.5 Å². The number of rotatable bonds is 2. The number of ether oxygens (including phenoxy) is 2. The number of ketones is 1. The highest BCUT2D eigenvalue weighted by Gasteiger charge is 2.58. The summed E-state index contributed by atoms with van der Waals surface area (Å²) in [5.74, 6) is 0.187. The van der Waals surface area contributed by atoms with Crippen LogP contribution in [-0.2, 0) is 14.3 Å². The average Bonchev–Trinajstić information content (AvgIpc) is 2.63. The Labute approximate surface area is 82.5 Å². The monoisotopic (exact) mass is 198 g/mol. The van der Waals surface area contributed by atoms with E-state index >= 15 is 0 Å². The fourth-order valence-electron chi connectivity index (χ4n) is 2.50. The van der Waals surface area contributed by atoms with Gasteiger partial charge in [0.15, 0.2) is 0 Å². The van der Waals surface area contributed by atoms with Gasteiger partial charge in [-0.05, 0) is 19.3 Å². The van der Waals surface area contributed by atoms with Crippen LogP contribution in [0.5, 0.6) is 0 Å². The van der Waals surface area contributed by atoms with Gasteiger partial charge in [0.25, 0.3) is 0 Å². The first-order valence-electron chi connectivity index (χ1n) is 4.74. The number of fused-ring (bicyclic) bond motifs is 1. The summed E-state index contributed by atoms with van der Waals surface area (Å²) in [4.78, 5) is 11.8. The first kappa shape index (κ1) is 9.52. The third kappa shape index (κ3) is 0.945. The molecule has 0 aromatic rings. The van der Waals surface area contributed by atoms with Gasteiger partial charge in [0, 0.05) is 0 Å². The molecule has 0 aliphatic heterocycles. The van der Waals surface area contributed by atoms with Crippen LogP contribution in [0, 0.1) is 5.92 Å². The Hall–Kier alpha value is -1.03. The molecule has 2 unspecified atom stereocenters. The second kappa shape index (κ2) is 2.98. The summed E-state index contributed by atoms with van der Waals surface area (Å²) < 4.78 is 10.1. The molecule has 0 heterocycles. The number of methoxy groups -OCH3 is 2. The molecule has 2 aliphatic carbocycles. The van der Waals surface area contributed by atoms with Gasteiger partial charge < -0.3 is 14.6 Å². The van der Waals surface area contributed by atoms with Gasteiger partial charge in [-0.25, -0.2) is 0 Å². The molecule has 0 aromatic carbocycles. The SMILES string of the molecule is COC1=C(OC)C2CCCC2(O)C1=O. The zero-order valence-corrected chi connectivity index (χ0v) is 8.37. The lowest BCUT2D eigenvalue weighted by atomic mass is 9.92. The van der Waals surface area contributed by atoms with E-state index in [9.17, 15) is 9.90 Å².